The molecule has 0 amide bonds. The third-order valence-corrected chi connectivity index (χ3v) is 4.29. The Labute approximate surface area is 83.1 Å². The lowest BCUT2D eigenvalue weighted by atomic mass is 9.61. The van der Waals surface area contributed by atoms with Crippen LogP contribution in [0.15, 0.2) is 0 Å². The van der Waals surface area contributed by atoms with Crippen molar-refractivity contribution in [1.29, 1.82) is 0 Å². The molecule has 3 aliphatic rings. The number of hydrogen-bond acceptors (Lipinski definition) is 0. The van der Waals surface area contributed by atoms with Crippen molar-refractivity contribution in [2.24, 2.45) is 17.8 Å². The van der Waals surface area contributed by atoms with E-state index in [-0.39, 0.29) is 0 Å². The molecule has 2 atom stereocenters. The largest absolute Gasteiger partial charge is 0.0654 e. The van der Waals surface area contributed by atoms with E-state index in [2.05, 4.69) is 13.8 Å². The molecular formula is C13H23. The second-order valence-electron chi connectivity index (χ2n) is 5.21. The minimum atomic E-state index is 0.975. The zero-order valence-electron chi connectivity index (χ0n) is 9.18. The van der Waals surface area contributed by atoms with Crippen molar-refractivity contribution in [1.82, 2.24) is 0 Å². The molecule has 0 aromatic heterocycles. The molecule has 0 saturated heterocycles. The molecule has 2 unspecified atom stereocenters. The first-order chi connectivity index (χ1) is 6.31. The van der Waals surface area contributed by atoms with E-state index in [1.807, 2.05) is 5.92 Å². The molecule has 13 heavy (non-hydrogen) atoms. The Morgan fingerprint density at radius 3 is 2.46 bits per heavy atom. The molecule has 0 N–H and O–H groups in total. The van der Waals surface area contributed by atoms with Gasteiger partial charge < -0.3 is 0 Å². The van der Waals surface area contributed by atoms with Gasteiger partial charge in [-0.2, -0.15) is 0 Å². The van der Waals surface area contributed by atoms with Crippen molar-refractivity contribution in [3.05, 3.63) is 5.92 Å². The topological polar surface area (TPSA) is 0 Å². The maximum atomic E-state index is 2.47. The summed E-state index contributed by atoms with van der Waals surface area (Å²) in [5.41, 5.74) is 0. The van der Waals surface area contributed by atoms with Gasteiger partial charge in [0.15, 0.2) is 0 Å². The molecule has 0 spiro atoms. The van der Waals surface area contributed by atoms with Crippen molar-refractivity contribution in [2.75, 3.05) is 0 Å². The molecule has 0 aromatic rings. The second-order valence-corrected chi connectivity index (χ2v) is 5.21. The van der Waals surface area contributed by atoms with Crippen LogP contribution in [0.4, 0.5) is 0 Å². The first-order valence-electron chi connectivity index (χ1n) is 6.15. The molecule has 3 rings (SSSR count). The third-order valence-electron chi connectivity index (χ3n) is 4.29. The fourth-order valence-corrected chi connectivity index (χ4v) is 3.47. The normalized spacial score (nSPS) is 36.5. The Hall–Kier alpha value is 0. The zero-order valence-corrected chi connectivity index (χ0v) is 9.18. The molecule has 0 heteroatoms. The lowest BCUT2D eigenvalue weighted by Crippen LogP contribution is -2.33. The van der Waals surface area contributed by atoms with Gasteiger partial charge in [0.2, 0.25) is 0 Å². The van der Waals surface area contributed by atoms with Crippen LogP contribution in [-0.4, -0.2) is 0 Å². The highest BCUT2D eigenvalue weighted by Gasteiger charge is 2.37. The lowest BCUT2D eigenvalue weighted by Gasteiger charge is -2.44. The monoisotopic (exact) mass is 179 g/mol. The Kier molecular flexibility index (Phi) is 2.96. The SMILES string of the molecule is CCCC(C)C1CC2CC[C]1CC2. The van der Waals surface area contributed by atoms with Crippen LogP contribution in [0.1, 0.15) is 58.8 Å². The molecule has 0 heterocycles. The minimum Gasteiger partial charge on any atom is -0.0654 e. The van der Waals surface area contributed by atoms with Crippen LogP contribution in [0.3, 0.4) is 0 Å². The lowest BCUT2D eigenvalue weighted by molar-refractivity contribution is 0.160. The van der Waals surface area contributed by atoms with Gasteiger partial charge in [-0.15, -0.1) is 0 Å². The predicted octanol–water partition coefficient (Wildman–Crippen LogP) is 4.21. The maximum absolute atomic E-state index is 2.47. The van der Waals surface area contributed by atoms with Crippen LogP contribution in [0.5, 0.6) is 0 Å². The maximum Gasteiger partial charge on any atom is -0.0207 e. The first kappa shape index (κ1) is 9.55. The molecule has 2 bridgehead atoms. The summed E-state index contributed by atoms with van der Waals surface area (Å²) < 4.78 is 0. The smallest absolute Gasteiger partial charge is 0.0207 e. The van der Waals surface area contributed by atoms with Gasteiger partial charge in [0.25, 0.3) is 0 Å². The zero-order chi connectivity index (χ0) is 9.26. The molecule has 1 radical (unpaired) electrons. The highest BCUT2D eigenvalue weighted by Crippen LogP contribution is 2.49. The quantitative estimate of drug-likeness (QED) is 0.609. The van der Waals surface area contributed by atoms with Crippen molar-refractivity contribution in [3.8, 4) is 0 Å². The minimum absolute atomic E-state index is 0.975. The van der Waals surface area contributed by atoms with Gasteiger partial charge in [0, 0.05) is 0 Å². The summed E-state index contributed by atoms with van der Waals surface area (Å²) in [6.07, 6.45) is 10.3. The van der Waals surface area contributed by atoms with Crippen molar-refractivity contribution in [3.63, 3.8) is 0 Å². The Balaban J connectivity index is 1.92. The fourth-order valence-electron chi connectivity index (χ4n) is 3.47. The van der Waals surface area contributed by atoms with Crippen molar-refractivity contribution >= 4 is 0 Å². The summed E-state index contributed by atoms with van der Waals surface area (Å²) in [6.45, 7) is 4.80. The van der Waals surface area contributed by atoms with Crippen molar-refractivity contribution < 1.29 is 0 Å². The molecule has 3 aliphatic carbocycles. The number of rotatable bonds is 3. The highest BCUT2D eigenvalue weighted by molar-refractivity contribution is 5.07. The first-order valence-corrected chi connectivity index (χ1v) is 6.15. The van der Waals surface area contributed by atoms with E-state index < -0.39 is 0 Å². The Morgan fingerprint density at radius 2 is 2.00 bits per heavy atom. The summed E-state index contributed by atoms with van der Waals surface area (Å²) in [6, 6.07) is 0. The molecule has 3 saturated carbocycles. The summed E-state index contributed by atoms with van der Waals surface area (Å²) in [4.78, 5) is 0. The molecular weight excluding hydrogens is 156 g/mol. The third kappa shape index (κ3) is 1.92. The summed E-state index contributed by atoms with van der Waals surface area (Å²) in [5.74, 6) is 5.03. The average molecular weight is 179 g/mol. The summed E-state index contributed by atoms with van der Waals surface area (Å²) >= 11 is 0. The molecule has 0 aromatic carbocycles. The highest BCUT2D eigenvalue weighted by atomic mass is 14.4. The van der Waals surface area contributed by atoms with Crippen LogP contribution in [0.25, 0.3) is 0 Å². The van der Waals surface area contributed by atoms with Crippen LogP contribution >= 0.6 is 0 Å². The van der Waals surface area contributed by atoms with E-state index in [1.165, 1.54) is 44.9 Å². The number of hydrogen-bond donors (Lipinski definition) is 0. The molecule has 3 fully saturated rings. The second kappa shape index (κ2) is 4.02. The van der Waals surface area contributed by atoms with E-state index in [0.29, 0.717) is 0 Å². The molecule has 0 nitrogen and oxygen atoms in total. The van der Waals surface area contributed by atoms with Crippen LogP contribution < -0.4 is 0 Å². The van der Waals surface area contributed by atoms with Gasteiger partial charge in [-0.05, 0) is 55.8 Å². The molecule has 0 aliphatic heterocycles. The van der Waals surface area contributed by atoms with Crippen molar-refractivity contribution in [2.45, 2.75) is 58.8 Å². The standard InChI is InChI=1S/C13H23/c1-3-4-10(2)13-9-11-5-7-12(13)8-6-11/h10-11,13H,3-9H2,1-2H3. The van der Waals surface area contributed by atoms with Crippen LogP contribution in [0, 0.1) is 23.7 Å². The molecule has 75 valence electrons. The Bertz CT molecular complexity index is 153. The summed E-state index contributed by atoms with van der Waals surface area (Å²) in [5, 5.41) is 0. The van der Waals surface area contributed by atoms with Gasteiger partial charge in [-0.1, -0.05) is 26.7 Å². The van der Waals surface area contributed by atoms with Gasteiger partial charge in [0.1, 0.15) is 0 Å². The average Bonchev–Trinajstić information content (AvgIpc) is 2.20. The van der Waals surface area contributed by atoms with Gasteiger partial charge in [-0.3, -0.25) is 0 Å². The van der Waals surface area contributed by atoms with Gasteiger partial charge in [-0.25, -0.2) is 0 Å². The van der Waals surface area contributed by atoms with E-state index in [9.17, 15) is 0 Å². The summed E-state index contributed by atoms with van der Waals surface area (Å²) in [7, 11) is 0. The van der Waals surface area contributed by atoms with Gasteiger partial charge >= 0.3 is 0 Å². The van der Waals surface area contributed by atoms with E-state index in [4.69, 9.17) is 0 Å². The van der Waals surface area contributed by atoms with E-state index in [0.717, 1.165) is 17.8 Å². The predicted molar refractivity (Wildman–Crippen MR) is 57.4 cm³/mol. The van der Waals surface area contributed by atoms with Crippen LogP contribution in [0.2, 0.25) is 0 Å². The van der Waals surface area contributed by atoms with Gasteiger partial charge in [0.05, 0.1) is 0 Å². The number of fused-ring (bicyclic) bond motifs is 3. The van der Waals surface area contributed by atoms with Crippen LogP contribution in [-0.2, 0) is 0 Å². The Morgan fingerprint density at radius 1 is 1.31 bits per heavy atom. The van der Waals surface area contributed by atoms with E-state index in [1.54, 1.807) is 0 Å². The fraction of sp³-hybridized carbons (Fsp3) is 0.923. The van der Waals surface area contributed by atoms with E-state index >= 15 is 0 Å².